The number of benzene rings is 2. The molecular weight excluding hydrogens is 464 g/mol. The lowest BCUT2D eigenvalue weighted by molar-refractivity contribution is -0.142. The summed E-state index contributed by atoms with van der Waals surface area (Å²) in [5.41, 5.74) is 0. The minimum Gasteiger partial charge on any atom is -0.344 e. The van der Waals surface area contributed by atoms with E-state index in [0.29, 0.717) is 31.0 Å². The standard InChI is InChI=1S/C23H31ClN4O4S/c1-26(2)11-5-12-27(3)22(29)16-28-13-4-6-21(23(28)30)25-33(31,32)20-10-8-17-14-19(24)9-7-18(17)15-20/h7-10,14-15,21,25H,4-6,11-13,16H2,1-3H3/t21-/m0/s1. The van der Waals surface area contributed by atoms with Crippen molar-refractivity contribution in [2.75, 3.05) is 47.3 Å². The molecule has 3 rings (SSSR count). The van der Waals surface area contributed by atoms with Crippen molar-refractivity contribution in [3.05, 3.63) is 41.4 Å². The Morgan fingerprint density at radius 2 is 1.82 bits per heavy atom. The third-order valence-corrected chi connectivity index (χ3v) is 7.47. The number of likely N-dealkylation sites (tertiary alicyclic amines) is 1. The summed E-state index contributed by atoms with van der Waals surface area (Å²) in [7, 11) is 1.76. The van der Waals surface area contributed by atoms with Gasteiger partial charge in [0.2, 0.25) is 21.8 Å². The maximum atomic E-state index is 13.0. The number of piperidine rings is 1. The molecule has 33 heavy (non-hydrogen) atoms. The summed E-state index contributed by atoms with van der Waals surface area (Å²) in [4.78, 5) is 30.7. The van der Waals surface area contributed by atoms with Crippen molar-refractivity contribution >= 4 is 44.2 Å². The Morgan fingerprint density at radius 1 is 1.12 bits per heavy atom. The summed E-state index contributed by atoms with van der Waals surface area (Å²) >= 11 is 6.00. The zero-order valence-corrected chi connectivity index (χ0v) is 20.8. The fraction of sp³-hybridized carbons (Fsp3) is 0.478. The number of hydrogen-bond acceptors (Lipinski definition) is 5. The SMILES string of the molecule is CN(C)CCCN(C)C(=O)CN1CCC[C@H](NS(=O)(=O)c2ccc3cc(Cl)ccc3c2)C1=O. The van der Waals surface area contributed by atoms with Crippen molar-refractivity contribution < 1.29 is 18.0 Å². The van der Waals surface area contributed by atoms with E-state index in [1.165, 1.54) is 11.0 Å². The molecule has 2 aromatic carbocycles. The van der Waals surface area contributed by atoms with E-state index < -0.39 is 16.1 Å². The van der Waals surface area contributed by atoms with E-state index >= 15 is 0 Å². The van der Waals surface area contributed by atoms with Crippen LogP contribution in [0.3, 0.4) is 0 Å². The molecule has 2 amide bonds. The van der Waals surface area contributed by atoms with Gasteiger partial charge >= 0.3 is 0 Å². The summed E-state index contributed by atoms with van der Waals surface area (Å²) in [6, 6.07) is 9.07. The second kappa shape index (κ2) is 10.8. The van der Waals surface area contributed by atoms with Crippen LogP contribution in [-0.2, 0) is 19.6 Å². The lowest BCUT2D eigenvalue weighted by Crippen LogP contribution is -2.54. The van der Waals surface area contributed by atoms with Gasteiger partial charge in [-0.2, -0.15) is 4.72 Å². The minimum absolute atomic E-state index is 0.0493. The van der Waals surface area contributed by atoms with Crippen LogP contribution in [-0.4, -0.2) is 88.3 Å². The average molecular weight is 495 g/mol. The lowest BCUT2D eigenvalue weighted by atomic mass is 10.1. The number of halogens is 1. The predicted octanol–water partition coefficient (Wildman–Crippen LogP) is 2.17. The number of rotatable bonds is 9. The molecule has 0 aromatic heterocycles. The van der Waals surface area contributed by atoms with Gasteiger partial charge in [0.15, 0.2) is 0 Å². The van der Waals surface area contributed by atoms with Crippen LogP contribution in [0.2, 0.25) is 5.02 Å². The molecule has 0 radical (unpaired) electrons. The van der Waals surface area contributed by atoms with Crippen LogP contribution in [0.25, 0.3) is 10.8 Å². The van der Waals surface area contributed by atoms with E-state index in [0.717, 1.165) is 23.7 Å². The summed E-state index contributed by atoms with van der Waals surface area (Å²) < 4.78 is 28.5. The third kappa shape index (κ3) is 6.66. The lowest BCUT2D eigenvalue weighted by Gasteiger charge is -2.33. The molecule has 0 unspecified atom stereocenters. The van der Waals surface area contributed by atoms with Crippen molar-refractivity contribution in [3.8, 4) is 0 Å². The quantitative estimate of drug-likeness (QED) is 0.577. The average Bonchev–Trinajstić information content (AvgIpc) is 2.75. The van der Waals surface area contributed by atoms with E-state index in [1.807, 2.05) is 19.0 Å². The molecule has 0 bridgehead atoms. The zero-order valence-electron chi connectivity index (χ0n) is 19.3. The van der Waals surface area contributed by atoms with Gasteiger partial charge in [0.05, 0.1) is 11.4 Å². The number of amides is 2. The zero-order chi connectivity index (χ0) is 24.2. The summed E-state index contributed by atoms with van der Waals surface area (Å²) in [6.07, 6.45) is 1.85. The van der Waals surface area contributed by atoms with Crippen molar-refractivity contribution in [1.29, 1.82) is 0 Å². The summed E-state index contributed by atoms with van der Waals surface area (Å²) in [5, 5.41) is 2.14. The molecule has 1 aliphatic rings. The van der Waals surface area contributed by atoms with Crippen molar-refractivity contribution in [1.82, 2.24) is 19.4 Å². The smallest absolute Gasteiger partial charge is 0.241 e. The van der Waals surface area contributed by atoms with E-state index in [2.05, 4.69) is 4.72 Å². The maximum absolute atomic E-state index is 13.0. The van der Waals surface area contributed by atoms with Crippen molar-refractivity contribution in [3.63, 3.8) is 0 Å². The Labute approximate surface area is 200 Å². The first-order valence-electron chi connectivity index (χ1n) is 11.0. The van der Waals surface area contributed by atoms with Gasteiger partial charge in [0.1, 0.15) is 6.04 Å². The molecule has 0 spiro atoms. The number of fused-ring (bicyclic) bond motifs is 1. The number of carbonyl (C=O) groups excluding carboxylic acids is 2. The number of hydrogen-bond donors (Lipinski definition) is 1. The van der Waals surface area contributed by atoms with Crippen LogP contribution in [0.5, 0.6) is 0 Å². The van der Waals surface area contributed by atoms with Gasteiger partial charge in [-0.25, -0.2) is 8.42 Å². The molecule has 1 fully saturated rings. The summed E-state index contributed by atoms with van der Waals surface area (Å²) in [6.45, 7) is 1.85. The Balaban J connectivity index is 1.64. The normalized spacial score (nSPS) is 17.1. The van der Waals surface area contributed by atoms with Gasteiger partial charge in [-0.15, -0.1) is 0 Å². The van der Waals surface area contributed by atoms with E-state index in [9.17, 15) is 18.0 Å². The number of nitrogens with zero attached hydrogens (tertiary/aromatic N) is 3. The molecule has 1 heterocycles. The van der Waals surface area contributed by atoms with E-state index in [4.69, 9.17) is 11.6 Å². The fourth-order valence-corrected chi connectivity index (χ4v) is 5.30. The van der Waals surface area contributed by atoms with Gasteiger partial charge in [0.25, 0.3) is 0 Å². The van der Waals surface area contributed by atoms with Gasteiger partial charge in [-0.05, 0) is 74.9 Å². The first-order valence-corrected chi connectivity index (χ1v) is 12.8. The van der Waals surface area contributed by atoms with Crippen LogP contribution in [0.15, 0.2) is 41.3 Å². The Hall–Kier alpha value is -2.20. The van der Waals surface area contributed by atoms with Crippen LogP contribution < -0.4 is 4.72 Å². The van der Waals surface area contributed by atoms with Crippen molar-refractivity contribution in [2.45, 2.75) is 30.2 Å². The van der Waals surface area contributed by atoms with E-state index in [1.54, 1.807) is 42.3 Å². The van der Waals surface area contributed by atoms with Crippen LogP contribution >= 0.6 is 11.6 Å². The molecule has 180 valence electrons. The Bertz CT molecular complexity index is 1120. The Kier molecular flexibility index (Phi) is 8.33. The second-order valence-electron chi connectivity index (χ2n) is 8.70. The van der Waals surface area contributed by atoms with Gasteiger partial charge in [0, 0.05) is 25.2 Å². The topological polar surface area (TPSA) is 90.0 Å². The molecule has 1 atom stereocenters. The number of likely N-dealkylation sites (N-methyl/N-ethyl adjacent to an activating group) is 1. The monoisotopic (exact) mass is 494 g/mol. The molecule has 1 saturated heterocycles. The molecule has 0 aliphatic carbocycles. The highest BCUT2D eigenvalue weighted by atomic mass is 35.5. The minimum atomic E-state index is -3.91. The molecule has 2 aromatic rings. The third-order valence-electron chi connectivity index (χ3n) is 5.76. The molecule has 10 heteroatoms. The molecule has 8 nitrogen and oxygen atoms in total. The highest BCUT2D eigenvalue weighted by Gasteiger charge is 2.33. The van der Waals surface area contributed by atoms with E-state index in [-0.39, 0.29) is 23.3 Å². The molecule has 0 saturated carbocycles. The first kappa shape index (κ1) is 25.4. The maximum Gasteiger partial charge on any atom is 0.241 e. The van der Waals surface area contributed by atoms with Gasteiger partial charge in [-0.1, -0.05) is 23.7 Å². The molecule has 1 N–H and O–H groups in total. The summed E-state index contributed by atoms with van der Waals surface area (Å²) in [5.74, 6) is -0.522. The van der Waals surface area contributed by atoms with Crippen LogP contribution in [0.1, 0.15) is 19.3 Å². The number of sulfonamides is 1. The highest BCUT2D eigenvalue weighted by molar-refractivity contribution is 7.89. The first-order chi connectivity index (χ1) is 15.6. The van der Waals surface area contributed by atoms with Crippen LogP contribution in [0, 0.1) is 0 Å². The largest absolute Gasteiger partial charge is 0.344 e. The predicted molar refractivity (Wildman–Crippen MR) is 130 cm³/mol. The van der Waals surface area contributed by atoms with Crippen LogP contribution in [0.4, 0.5) is 0 Å². The Morgan fingerprint density at radius 3 is 2.55 bits per heavy atom. The second-order valence-corrected chi connectivity index (χ2v) is 10.9. The highest BCUT2D eigenvalue weighted by Crippen LogP contribution is 2.23. The van der Waals surface area contributed by atoms with Gasteiger partial charge < -0.3 is 14.7 Å². The molecular formula is C23H31ClN4O4S. The molecule has 1 aliphatic heterocycles. The van der Waals surface area contributed by atoms with Crippen molar-refractivity contribution in [2.24, 2.45) is 0 Å². The number of nitrogens with one attached hydrogen (secondary N) is 1. The number of carbonyl (C=O) groups is 2. The fourth-order valence-electron chi connectivity index (χ4n) is 3.86. The van der Waals surface area contributed by atoms with Gasteiger partial charge in [-0.3, -0.25) is 9.59 Å².